The largest absolute Gasteiger partial charge is 0.393 e. The third kappa shape index (κ3) is 3.12. The fourth-order valence-electron chi connectivity index (χ4n) is 2.18. The van der Waals surface area contributed by atoms with Crippen molar-refractivity contribution in [2.24, 2.45) is 5.92 Å². The molecule has 0 saturated carbocycles. The van der Waals surface area contributed by atoms with Gasteiger partial charge >= 0.3 is 6.18 Å². The molecule has 1 saturated heterocycles. The fourth-order valence-corrected chi connectivity index (χ4v) is 3.71. The van der Waals surface area contributed by atoms with Crippen molar-refractivity contribution in [3.05, 3.63) is 30.1 Å². The van der Waals surface area contributed by atoms with E-state index in [1.54, 1.807) is 0 Å². The van der Waals surface area contributed by atoms with Crippen LogP contribution in [0.1, 0.15) is 12.8 Å². The summed E-state index contributed by atoms with van der Waals surface area (Å²) in [6.07, 6.45) is -4.32. The highest BCUT2D eigenvalue weighted by molar-refractivity contribution is 7.89. The van der Waals surface area contributed by atoms with Crippen LogP contribution < -0.4 is 0 Å². The van der Waals surface area contributed by atoms with E-state index >= 15 is 0 Å². The molecule has 8 heteroatoms. The summed E-state index contributed by atoms with van der Waals surface area (Å²) in [5.41, 5.74) is 0. The van der Waals surface area contributed by atoms with Crippen LogP contribution in [0, 0.1) is 11.7 Å². The van der Waals surface area contributed by atoms with Crippen LogP contribution in [0.15, 0.2) is 29.2 Å². The normalized spacial score (nSPS) is 21.9. The Labute approximate surface area is 114 Å². The van der Waals surface area contributed by atoms with Gasteiger partial charge in [0.05, 0.1) is 10.8 Å². The molecular formula is C12H13F4NO2S. The Bertz CT molecular complexity index is 568. The van der Waals surface area contributed by atoms with Crippen LogP contribution in [0.2, 0.25) is 0 Å². The minimum absolute atomic E-state index is 0.0479. The lowest BCUT2D eigenvalue weighted by atomic mass is 9.99. The van der Waals surface area contributed by atoms with Gasteiger partial charge in [-0.1, -0.05) is 0 Å². The van der Waals surface area contributed by atoms with Crippen molar-refractivity contribution in [1.29, 1.82) is 0 Å². The van der Waals surface area contributed by atoms with E-state index < -0.39 is 34.5 Å². The molecule has 0 radical (unpaired) electrons. The van der Waals surface area contributed by atoms with Crippen molar-refractivity contribution in [2.45, 2.75) is 23.9 Å². The number of hydrogen-bond acceptors (Lipinski definition) is 2. The van der Waals surface area contributed by atoms with Gasteiger partial charge in [0.2, 0.25) is 10.0 Å². The Hall–Kier alpha value is -1.15. The summed E-state index contributed by atoms with van der Waals surface area (Å²) < 4.78 is 76.1. The van der Waals surface area contributed by atoms with Crippen molar-refractivity contribution < 1.29 is 26.0 Å². The van der Waals surface area contributed by atoms with E-state index in [2.05, 4.69) is 0 Å². The van der Waals surface area contributed by atoms with E-state index in [0.29, 0.717) is 0 Å². The highest BCUT2D eigenvalue weighted by atomic mass is 32.2. The first-order valence-corrected chi connectivity index (χ1v) is 7.48. The van der Waals surface area contributed by atoms with Crippen molar-refractivity contribution in [1.82, 2.24) is 4.31 Å². The summed E-state index contributed by atoms with van der Waals surface area (Å²) in [6.45, 7) is -0.532. The predicted octanol–water partition coefficient (Wildman–Crippen LogP) is 2.79. The molecule has 0 N–H and O–H groups in total. The zero-order chi connectivity index (χ0) is 15.0. The number of nitrogens with zero attached hydrogens (tertiary/aromatic N) is 1. The Kier molecular flexibility index (Phi) is 4.06. The lowest BCUT2D eigenvalue weighted by molar-refractivity contribution is -0.182. The molecule has 0 unspecified atom stereocenters. The van der Waals surface area contributed by atoms with Gasteiger partial charge in [-0.15, -0.1) is 0 Å². The molecule has 0 bridgehead atoms. The van der Waals surface area contributed by atoms with E-state index in [9.17, 15) is 26.0 Å². The number of piperidine rings is 1. The average molecular weight is 311 g/mol. The summed E-state index contributed by atoms with van der Waals surface area (Å²) in [5, 5.41) is 0. The van der Waals surface area contributed by atoms with Gasteiger partial charge in [0.15, 0.2) is 0 Å². The number of halogens is 4. The smallest absolute Gasteiger partial charge is 0.207 e. The quantitative estimate of drug-likeness (QED) is 0.788. The third-order valence-electron chi connectivity index (χ3n) is 3.30. The van der Waals surface area contributed by atoms with Crippen molar-refractivity contribution in [3.8, 4) is 0 Å². The molecule has 0 amide bonds. The summed E-state index contributed by atoms with van der Waals surface area (Å²) in [4.78, 5) is -0.193. The molecule has 1 atom stereocenters. The van der Waals surface area contributed by atoms with Crippen molar-refractivity contribution >= 4 is 10.0 Å². The second kappa shape index (κ2) is 5.33. The minimum Gasteiger partial charge on any atom is -0.207 e. The molecule has 3 nitrogen and oxygen atoms in total. The molecular weight excluding hydrogens is 298 g/mol. The molecule has 1 aromatic carbocycles. The zero-order valence-electron chi connectivity index (χ0n) is 10.4. The van der Waals surface area contributed by atoms with Crippen LogP contribution in [-0.2, 0) is 10.0 Å². The Morgan fingerprint density at radius 2 is 1.75 bits per heavy atom. The van der Waals surface area contributed by atoms with Crippen LogP contribution in [-0.4, -0.2) is 32.0 Å². The summed E-state index contributed by atoms with van der Waals surface area (Å²) in [7, 11) is -4.01. The summed E-state index contributed by atoms with van der Waals surface area (Å²) in [5.74, 6) is -2.25. The van der Waals surface area contributed by atoms with Crippen LogP contribution >= 0.6 is 0 Å². The second-order valence-electron chi connectivity index (χ2n) is 4.70. The fraction of sp³-hybridized carbons (Fsp3) is 0.500. The standard InChI is InChI=1S/C12H13F4NO2S/c13-10-3-5-11(6-4-10)20(18,19)17-7-1-2-9(8-17)12(14,15)16/h3-6,9H,1-2,7-8H2/t9-/m1/s1. The molecule has 1 aliphatic heterocycles. The SMILES string of the molecule is O=S(=O)(c1ccc(F)cc1)N1CCC[C@@H](C(F)(F)F)C1. The van der Waals surface area contributed by atoms with Crippen LogP contribution in [0.25, 0.3) is 0 Å². The summed E-state index contributed by atoms with van der Waals surface area (Å²) in [6, 6.07) is 4.06. The van der Waals surface area contributed by atoms with Gasteiger partial charge in [-0.05, 0) is 37.1 Å². The molecule has 1 heterocycles. The highest BCUT2D eigenvalue weighted by Crippen LogP contribution is 2.34. The number of hydrogen-bond donors (Lipinski definition) is 0. The molecule has 1 aromatic rings. The van der Waals surface area contributed by atoms with Crippen LogP contribution in [0.4, 0.5) is 17.6 Å². The van der Waals surface area contributed by atoms with Crippen molar-refractivity contribution in [3.63, 3.8) is 0 Å². The van der Waals surface area contributed by atoms with Crippen LogP contribution in [0.5, 0.6) is 0 Å². The van der Waals surface area contributed by atoms with Gasteiger partial charge < -0.3 is 0 Å². The molecule has 112 valence electrons. The van der Waals surface area contributed by atoms with Crippen molar-refractivity contribution in [2.75, 3.05) is 13.1 Å². The Morgan fingerprint density at radius 3 is 2.30 bits per heavy atom. The van der Waals surface area contributed by atoms with Gasteiger partial charge in [-0.3, -0.25) is 0 Å². The first-order valence-electron chi connectivity index (χ1n) is 6.03. The maximum atomic E-state index is 12.8. The Morgan fingerprint density at radius 1 is 1.15 bits per heavy atom. The van der Waals surface area contributed by atoms with E-state index in [1.807, 2.05) is 0 Å². The minimum atomic E-state index is -4.41. The molecule has 1 fully saturated rings. The van der Waals surface area contributed by atoms with Gasteiger partial charge in [-0.25, -0.2) is 12.8 Å². The molecule has 1 aliphatic rings. The molecule has 0 aliphatic carbocycles. The number of sulfonamides is 1. The van der Waals surface area contributed by atoms with E-state index in [-0.39, 0.29) is 24.3 Å². The maximum Gasteiger partial charge on any atom is 0.393 e. The van der Waals surface area contributed by atoms with Gasteiger partial charge in [0.1, 0.15) is 5.82 Å². The predicted molar refractivity (Wildman–Crippen MR) is 63.9 cm³/mol. The number of rotatable bonds is 2. The molecule has 0 spiro atoms. The first-order chi connectivity index (χ1) is 9.21. The molecule has 20 heavy (non-hydrogen) atoms. The van der Waals surface area contributed by atoms with Gasteiger partial charge in [0, 0.05) is 13.1 Å². The lowest BCUT2D eigenvalue weighted by Crippen LogP contribution is -2.44. The van der Waals surface area contributed by atoms with Gasteiger partial charge in [0.25, 0.3) is 0 Å². The number of alkyl halides is 3. The number of benzene rings is 1. The molecule has 2 rings (SSSR count). The molecule has 0 aromatic heterocycles. The topological polar surface area (TPSA) is 37.4 Å². The second-order valence-corrected chi connectivity index (χ2v) is 6.64. The van der Waals surface area contributed by atoms with E-state index in [0.717, 1.165) is 28.6 Å². The monoisotopic (exact) mass is 311 g/mol. The average Bonchev–Trinajstić information content (AvgIpc) is 2.38. The van der Waals surface area contributed by atoms with Gasteiger partial charge in [-0.2, -0.15) is 17.5 Å². The van der Waals surface area contributed by atoms with Crippen LogP contribution in [0.3, 0.4) is 0 Å². The first kappa shape index (κ1) is 15.2. The lowest BCUT2D eigenvalue weighted by Gasteiger charge is -2.32. The highest BCUT2D eigenvalue weighted by Gasteiger charge is 2.44. The van der Waals surface area contributed by atoms with E-state index in [1.165, 1.54) is 0 Å². The Balaban J connectivity index is 2.23. The van der Waals surface area contributed by atoms with E-state index in [4.69, 9.17) is 0 Å². The zero-order valence-corrected chi connectivity index (χ0v) is 11.2. The summed E-state index contributed by atoms with van der Waals surface area (Å²) >= 11 is 0. The maximum absolute atomic E-state index is 12.8. The third-order valence-corrected chi connectivity index (χ3v) is 5.18.